The van der Waals surface area contributed by atoms with Gasteiger partial charge in [0, 0.05) is 43.0 Å². The molecule has 0 saturated carbocycles. The summed E-state index contributed by atoms with van der Waals surface area (Å²) in [6.07, 6.45) is 6.16. The van der Waals surface area contributed by atoms with E-state index in [2.05, 4.69) is 16.0 Å². The second-order valence-electron chi connectivity index (χ2n) is 5.56. The van der Waals surface area contributed by atoms with Gasteiger partial charge in [0.1, 0.15) is 12.9 Å². The van der Waals surface area contributed by atoms with Crippen molar-refractivity contribution in [2.45, 2.75) is 19.5 Å². The van der Waals surface area contributed by atoms with Gasteiger partial charge in [-0.05, 0) is 17.5 Å². The van der Waals surface area contributed by atoms with E-state index >= 15 is 0 Å². The van der Waals surface area contributed by atoms with Gasteiger partial charge in [-0.15, -0.1) is 0 Å². The molecule has 2 aromatic heterocycles. The molecular weight excluding hydrogens is 276 g/mol. The number of carbonyl (C=O) groups is 1. The number of carbonyl (C=O) groups excluding carboxylic acids is 1. The number of benzene rings is 1. The number of para-hydroxylation sites is 1. The van der Waals surface area contributed by atoms with Gasteiger partial charge in [-0.2, -0.15) is 0 Å². The van der Waals surface area contributed by atoms with Crippen LogP contribution in [0.15, 0.2) is 49.1 Å². The summed E-state index contributed by atoms with van der Waals surface area (Å²) in [6, 6.07) is 10.2. The summed E-state index contributed by atoms with van der Waals surface area (Å²) in [5.41, 5.74) is 3.21. The largest absolute Gasteiger partial charge is 0.338 e. The number of rotatable bonds is 2. The summed E-state index contributed by atoms with van der Waals surface area (Å²) >= 11 is 0. The second-order valence-corrected chi connectivity index (χ2v) is 5.56. The first-order chi connectivity index (χ1) is 10.8. The maximum atomic E-state index is 12.6. The highest BCUT2D eigenvalue weighted by Gasteiger charge is 2.21. The minimum atomic E-state index is 0.135. The monoisotopic (exact) mass is 292 g/mol. The van der Waals surface area contributed by atoms with E-state index in [1.165, 1.54) is 0 Å². The predicted molar refractivity (Wildman–Crippen MR) is 83.1 cm³/mol. The van der Waals surface area contributed by atoms with Crippen LogP contribution in [0.3, 0.4) is 0 Å². The van der Waals surface area contributed by atoms with Gasteiger partial charge < -0.3 is 9.47 Å². The Morgan fingerprint density at radius 3 is 3.09 bits per heavy atom. The Morgan fingerprint density at radius 1 is 1.23 bits per heavy atom. The van der Waals surface area contributed by atoms with E-state index in [9.17, 15) is 4.79 Å². The Kier molecular flexibility index (Phi) is 3.11. The molecule has 0 saturated heterocycles. The summed E-state index contributed by atoms with van der Waals surface area (Å²) < 4.78 is 2.01. The summed E-state index contributed by atoms with van der Waals surface area (Å²) in [5.74, 6) is 0.135. The molecule has 22 heavy (non-hydrogen) atoms. The fourth-order valence-electron chi connectivity index (χ4n) is 3.00. The van der Waals surface area contributed by atoms with E-state index in [1.807, 2.05) is 46.1 Å². The van der Waals surface area contributed by atoms with Crippen LogP contribution in [0, 0.1) is 0 Å². The summed E-state index contributed by atoms with van der Waals surface area (Å²) in [4.78, 5) is 22.8. The average Bonchev–Trinajstić information content (AvgIpc) is 2.97. The van der Waals surface area contributed by atoms with Crippen LogP contribution in [0.25, 0.3) is 10.9 Å². The molecule has 5 heteroatoms. The molecule has 0 aliphatic carbocycles. The molecule has 4 rings (SSSR count). The molecule has 0 atom stereocenters. The molecule has 3 aromatic rings. The first kappa shape index (κ1) is 13.0. The lowest BCUT2D eigenvalue weighted by atomic mass is 10.1. The first-order valence-corrected chi connectivity index (χ1v) is 7.41. The van der Waals surface area contributed by atoms with Gasteiger partial charge in [-0.25, -0.2) is 9.97 Å². The van der Waals surface area contributed by atoms with Crippen LogP contribution in [-0.2, 0) is 24.3 Å². The molecule has 0 fully saturated rings. The molecule has 110 valence electrons. The van der Waals surface area contributed by atoms with E-state index in [-0.39, 0.29) is 5.91 Å². The number of aromatic nitrogens is 3. The van der Waals surface area contributed by atoms with Gasteiger partial charge in [0.15, 0.2) is 0 Å². The standard InChI is InChI=1S/C17H16N4O/c22-17(11-20-7-5-13-3-1-2-4-16(13)20)21-8-6-15-14(10-21)9-18-12-19-15/h1-5,7,9,12H,6,8,10-11H2. The fourth-order valence-corrected chi connectivity index (χ4v) is 3.00. The molecule has 0 spiro atoms. The molecule has 1 aliphatic heterocycles. The summed E-state index contributed by atoms with van der Waals surface area (Å²) in [6.45, 7) is 1.70. The van der Waals surface area contributed by atoms with E-state index in [1.54, 1.807) is 6.33 Å². The van der Waals surface area contributed by atoms with Crippen LogP contribution >= 0.6 is 0 Å². The highest BCUT2D eigenvalue weighted by molar-refractivity contribution is 5.83. The Labute approximate surface area is 128 Å². The lowest BCUT2D eigenvalue weighted by molar-refractivity contribution is -0.132. The highest BCUT2D eigenvalue weighted by Crippen LogP contribution is 2.18. The normalized spacial score (nSPS) is 14.1. The molecule has 1 aromatic carbocycles. The van der Waals surface area contributed by atoms with Crippen LogP contribution in [-0.4, -0.2) is 31.9 Å². The van der Waals surface area contributed by atoms with Crippen LogP contribution in [0.4, 0.5) is 0 Å². The van der Waals surface area contributed by atoms with E-state index < -0.39 is 0 Å². The third kappa shape index (κ3) is 2.24. The van der Waals surface area contributed by atoms with Crippen molar-refractivity contribution >= 4 is 16.8 Å². The third-order valence-electron chi connectivity index (χ3n) is 4.20. The van der Waals surface area contributed by atoms with Gasteiger partial charge in [0.25, 0.3) is 0 Å². The van der Waals surface area contributed by atoms with Gasteiger partial charge >= 0.3 is 0 Å². The maximum absolute atomic E-state index is 12.6. The van der Waals surface area contributed by atoms with Crippen molar-refractivity contribution in [1.82, 2.24) is 19.4 Å². The first-order valence-electron chi connectivity index (χ1n) is 7.41. The summed E-state index contributed by atoms with van der Waals surface area (Å²) in [7, 11) is 0. The summed E-state index contributed by atoms with van der Waals surface area (Å²) in [5, 5.41) is 1.16. The Hall–Kier alpha value is -2.69. The molecule has 1 amide bonds. The predicted octanol–water partition coefficient (Wildman–Crippen LogP) is 2.02. The van der Waals surface area contributed by atoms with Crippen LogP contribution in [0.5, 0.6) is 0 Å². The van der Waals surface area contributed by atoms with Crippen molar-refractivity contribution in [1.29, 1.82) is 0 Å². The van der Waals surface area contributed by atoms with Crippen LogP contribution in [0.1, 0.15) is 11.3 Å². The number of hydrogen-bond donors (Lipinski definition) is 0. The minimum Gasteiger partial charge on any atom is -0.338 e. The smallest absolute Gasteiger partial charge is 0.242 e. The SMILES string of the molecule is O=C(Cn1ccc2ccccc21)N1CCc2ncncc2C1. The number of hydrogen-bond acceptors (Lipinski definition) is 3. The number of fused-ring (bicyclic) bond motifs is 2. The Morgan fingerprint density at radius 2 is 2.14 bits per heavy atom. The van der Waals surface area contributed by atoms with Crippen molar-refractivity contribution in [2.75, 3.05) is 6.54 Å². The molecule has 0 radical (unpaired) electrons. The van der Waals surface area contributed by atoms with Gasteiger partial charge in [0.2, 0.25) is 5.91 Å². The molecule has 5 nitrogen and oxygen atoms in total. The average molecular weight is 292 g/mol. The zero-order valence-corrected chi connectivity index (χ0v) is 12.1. The molecule has 1 aliphatic rings. The van der Waals surface area contributed by atoms with Crippen molar-refractivity contribution in [3.63, 3.8) is 0 Å². The van der Waals surface area contributed by atoms with E-state index in [0.29, 0.717) is 13.1 Å². The van der Waals surface area contributed by atoms with E-state index in [4.69, 9.17) is 0 Å². The molecule has 0 unspecified atom stereocenters. The van der Waals surface area contributed by atoms with Gasteiger partial charge in [-0.1, -0.05) is 18.2 Å². The maximum Gasteiger partial charge on any atom is 0.242 e. The van der Waals surface area contributed by atoms with Crippen LogP contribution < -0.4 is 0 Å². The topological polar surface area (TPSA) is 51.0 Å². The number of amides is 1. The number of nitrogens with zero attached hydrogens (tertiary/aromatic N) is 4. The third-order valence-corrected chi connectivity index (χ3v) is 4.20. The lowest BCUT2D eigenvalue weighted by Gasteiger charge is -2.28. The van der Waals surface area contributed by atoms with E-state index in [0.717, 1.165) is 35.1 Å². The lowest BCUT2D eigenvalue weighted by Crippen LogP contribution is -2.38. The van der Waals surface area contributed by atoms with Crippen molar-refractivity contribution in [3.8, 4) is 0 Å². The zero-order chi connectivity index (χ0) is 14.9. The molecule has 0 N–H and O–H groups in total. The van der Waals surface area contributed by atoms with Crippen molar-refractivity contribution in [2.24, 2.45) is 0 Å². The second kappa shape index (κ2) is 5.26. The Balaban J connectivity index is 1.54. The van der Waals surface area contributed by atoms with Gasteiger partial charge in [-0.3, -0.25) is 4.79 Å². The van der Waals surface area contributed by atoms with Crippen molar-refractivity contribution < 1.29 is 4.79 Å². The Bertz CT molecular complexity index is 839. The molecule has 0 bridgehead atoms. The fraction of sp³-hybridized carbons (Fsp3) is 0.235. The van der Waals surface area contributed by atoms with Crippen LogP contribution in [0.2, 0.25) is 0 Å². The zero-order valence-electron chi connectivity index (χ0n) is 12.1. The minimum absolute atomic E-state index is 0.135. The molecular formula is C17H16N4O. The van der Waals surface area contributed by atoms with Gasteiger partial charge in [0.05, 0.1) is 5.69 Å². The quantitative estimate of drug-likeness (QED) is 0.726. The molecule has 3 heterocycles. The highest BCUT2D eigenvalue weighted by atomic mass is 16.2. The van der Waals surface area contributed by atoms with Crippen molar-refractivity contribution in [3.05, 3.63) is 60.3 Å².